The average molecular weight is 288 g/mol. The third-order valence-electron chi connectivity index (χ3n) is 4.22. The van der Waals surface area contributed by atoms with Crippen LogP contribution in [0.1, 0.15) is 44.2 Å². The first-order valence-corrected chi connectivity index (χ1v) is 8.19. The predicted molar refractivity (Wildman–Crippen MR) is 88.6 cm³/mol. The molecule has 1 saturated heterocycles. The maximum Gasteiger partial charge on any atom is 0.226 e. The van der Waals surface area contributed by atoms with Gasteiger partial charge < -0.3 is 10.2 Å². The van der Waals surface area contributed by atoms with E-state index in [-0.39, 0.29) is 11.8 Å². The van der Waals surface area contributed by atoms with Crippen LogP contribution in [0.4, 0.5) is 5.69 Å². The molecule has 0 spiro atoms. The van der Waals surface area contributed by atoms with Gasteiger partial charge in [0.1, 0.15) is 0 Å². The first kappa shape index (κ1) is 16.0. The van der Waals surface area contributed by atoms with Crippen molar-refractivity contribution >= 4 is 11.6 Å². The number of hydrogen-bond donors (Lipinski definition) is 1. The van der Waals surface area contributed by atoms with Gasteiger partial charge in [-0.3, -0.25) is 4.79 Å². The van der Waals surface area contributed by atoms with Crippen LogP contribution in [0.15, 0.2) is 18.2 Å². The second-order valence-electron chi connectivity index (χ2n) is 6.45. The van der Waals surface area contributed by atoms with Crippen molar-refractivity contribution in [2.75, 3.05) is 25.0 Å². The summed E-state index contributed by atoms with van der Waals surface area (Å²) in [4.78, 5) is 14.4. The molecule has 1 fully saturated rings. The molecule has 2 rings (SSSR count). The maximum absolute atomic E-state index is 11.8. The number of nitrogens with one attached hydrogen (secondary N) is 1. The number of rotatable bonds is 6. The summed E-state index contributed by atoms with van der Waals surface area (Å²) in [6.07, 6.45) is 4.99. The highest BCUT2D eigenvalue weighted by Crippen LogP contribution is 2.19. The standard InChI is InChI=1S/C18H28N2O/c1-14(2)18(21)19-17-13-16(9-8-15(17)3)7-6-12-20-10-4-5-11-20/h8-9,13-14H,4-7,10-12H2,1-3H3,(H,19,21). The van der Waals surface area contributed by atoms with Crippen LogP contribution in [0.2, 0.25) is 0 Å². The zero-order valence-corrected chi connectivity index (χ0v) is 13.6. The summed E-state index contributed by atoms with van der Waals surface area (Å²) in [7, 11) is 0. The van der Waals surface area contributed by atoms with Crippen LogP contribution < -0.4 is 5.32 Å². The van der Waals surface area contributed by atoms with Crippen molar-refractivity contribution in [2.24, 2.45) is 5.92 Å². The lowest BCUT2D eigenvalue weighted by Crippen LogP contribution is -2.20. The van der Waals surface area contributed by atoms with Gasteiger partial charge in [-0.05, 0) is 69.4 Å². The molecule has 1 N–H and O–H groups in total. The Balaban J connectivity index is 1.89. The van der Waals surface area contributed by atoms with Crippen molar-refractivity contribution in [2.45, 2.75) is 46.5 Å². The monoisotopic (exact) mass is 288 g/mol. The van der Waals surface area contributed by atoms with Crippen LogP contribution in [0.3, 0.4) is 0 Å². The van der Waals surface area contributed by atoms with Crippen LogP contribution in [-0.4, -0.2) is 30.4 Å². The fraction of sp³-hybridized carbons (Fsp3) is 0.611. The van der Waals surface area contributed by atoms with E-state index in [4.69, 9.17) is 0 Å². The minimum absolute atomic E-state index is 0.0169. The van der Waals surface area contributed by atoms with Crippen LogP contribution in [0.5, 0.6) is 0 Å². The van der Waals surface area contributed by atoms with Crippen molar-refractivity contribution < 1.29 is 4.79 Å². The van der Waals surface area contributed by atoms with Gasteiger partial charge in [0.2, 0.25) is 5.91 Å². The number of hydrogen-bond acceptors (Lipinski definition) is 2. The molecule has 0 atom stereocenters. The van der Waals surface area contributed by atoms with Gasteiger partial charge in [-0.2, -0.15) is 0 Å². The molecule has 0 radical (unpaired) electrons. The quantitative estimate of drug-likeness (QED) is 0.867. The van der Waals surface area contributed by atoms with Gasteiger partial charge in [0.15, 0.2) is 0 Å². The fourth-order valence-electron chi connectivity index (χ4n) is 2.75. The Labute approximate surface area is 128 Å². The number of benzene rings is 1. The summed E-state index contributed by atoms with van der Waals surface area (Å²) in [5.41, 5.74) is 3.42. The van der Waals surface area contributed by atoms with E-state index in [2.05, 4.69) is 28.4 Å². The zero-order chi connectivity index (χ0) is 15.2. The van der Waals surface area contributed by atoms with E-state index in [9.17, 15) is 4.79 Å². The van der Waals surface area contributed by atoms with Gasteiger partial charge in [-0.15, -0.1) is 0 Å². The van der Waals surface area contributed by atoms with E-state index >= 15 is 0 Å². The third-order valence-corrected chi connectivity index (χ3v) is 4.22. The number of anilines is 1. The summed E-state index contributed by atoms with van der Waals surface area (Å²) in [5.74, 6) is 0.107. The first-order chi connectivity index (χ1) is 10.1. The molecule has 116 valence electrons. The fourth-order valence-corrected chi connectivity index (χ4v) is 2.75. The Bertz CT molecular complexity index is 476. The topological polar surface area (TPSA) is 32.3 Å². The van der Waals surface area contributed by atoms with Gasteiger partial charge in [0, 0.05) is 11.6 Å². The summed E-state index contributed by atoms with van der Waals surface area (Å²) >= 11 is 0. The minimum Gasteiger partial charge on any atom is -0.326 e. The van der Waals surface area contributed by atoms with Crippen molar-refractivity contribution in [1.29, 1.82) is 0 Å². The molecule has 0 unspecified atom stereocenters. The normalized spacial score (nSPS) is 15.6. The van der Waals surface area contributed by atoms with Crippen LogP contribution >= 0.6 is 0 Å². The Kier molecular flexibility index (Phi) is 5.80. The molecule has 1 heterocycles. The summed E-state index contributed by atoms with van der Waals surface area (Å²) in [6, 6.07) is 6.44. The largest absolute Gasteiger partial charge is 0.326 e. The molecule has 3 nitrogen and oxygen atoms in total. The molecule has 1 aliphatic rings. The zero-order valence-electron chi connectivity index (χ0n) is 13.6. The third kappa shape index (κ3) is 4.85. The predicted octanol–water partition coefficient (Wildman–Crippen LogP) is 3.62. The second kappa shape index (κ2) is 7.60. The highest BCUT2D eigenvalue weighted by atomic mass is 16.1. The number of amides is 1. The summed E-state index contributed by atoms with van der Waals surface area (Å²) in [6.45, 7) is 9.62. The maximum atomic E-state index is 11.8. The van der Waals surface area contributed by atoms with E-state index in [0.29, 0.717) is 0 Å². The minimum atomic E-state index is 0.0169. The van der Waals surface area contributed by atoms with Crippen LogP contribution in [0, 0.1) is 12.8 Å². The van der Waals surface area contributed by atoms with Gasteiger partial charge in [-0.25, -0.2) is 0 Å². The molecule has 3 heteroatoms. The molecule has 0 saturated carbocycles. The van der Waals surface area contributed by atoms with E-state index in [1.807, 2.05) is 20.8 Å². The Hall–Kier alpha value is -1.35. The van der Waals surface area contributed by atoms with Gasteiger partial charge >= 0.3 is 0 Å². The second-order valence-corrected chi connectivity index (χ2v) is 6.45. The van der Waals surface area contributed by atoms with Crippen LogP contribution in [0.25, 0.3) is 0 Å². The Morgan fingerprint density at radius 1 is 1.29 bits per heavy atom. The van der Waals surface area contributed by atoms with Gasteiger partial charge in [-0.1, -0.05) is 26.0 Å². The molecule has 1 aromatic rings. The lowest BCUT2D eigenvalue weighted by Gasteiger charge is -2.15. The molecule has 0 aliphatic carbocycles. The Morgan fingerprint density at radius 2 is 2.00 bits per heavy atom. The lowest BCUT2D eigenvalue weighted by atomic mass is 10.0. The van der Waals surface area contributed by atoms with E-state index < -0.39 is 0 Å². The summed E-state index contributed by atoms with van der Waals surface area (Å²) < 4.78 is 0. The van der Waals surface area contributed by atoms with Crippen molar-refractivity contribution in [3.8, 4) is 0 Å². The van der Waals surface area contributed by atoms with Gasteiger partial charge in [0.25, 0.3) is 0 Å². The van der Waals surface area contributed by atoms with Gasteiger partial charge in [0.05, 0.1) is 0 Å². The molecular formula is C18H28N2O. The smallest absolute Gasteiger partial charge is 0.226 e. The molecule has 21 heavy (non-hydrogen) atoms. The van der Waals surface area contributed by atoms with E-state index in [1.54, 1.807) is 0 Å². The van der Waals surface area contributed by atoms with Crippen LogP contribution in [-0.2, 0) is 11.2 Å². The molecule has 0 aromatic heterocycles. The van der Waals surface area contributed by atoms with Crippen molar-refractivity contribution in [3.05, 3.63) is 29.3 Å². The average Bonchev–Trinajstić information content (AvgIpc) is 2.95. The lowest BCUT2D eigenvalue weighted by molar-refractivity contribution is -0.118. The Morgan fingerprint density at radius 3 is 2.67 bits per heavy atom. The van der Waals surface area contributed by atoms with E-state index in [1.165, 1.54) is 44.5 Å². The van der Waals surface area contributed by atoms with Crippen molar-refractivity contribution in [1.82, 2.24) is 4.90 Å². The molecule has 1 aromatic carbocycles. The highest BCUT2D eigenvalue weighted by molar-refractivity contribution is 5.92. The number of carbonyl (C=O) groups excluding carboxylic acids is 1. The molecular weight excluding hydrogens is 260 g/mol. The van der Waals surface area contributed by atoms with Crippen molar-refractivity contribution in [3.63, 3.8) is 0 Å². The number of aryl methyl sites for hydroxylation is 2. The summed E-state index contributed by atoms with van der Waals surface area (Å²) in [5, 5.41) is 3.03. The highest BCUT2D eigenvalue weighted by Gasteiger charge is 2.11. The molecule has 1 aliphatic heterocycles. The van der Waals surface area contributed by atoms with E-state index in [0.717, 1.165) is 17.7 Å². The number of likely N-dealkylation sites (tertiary alicyclic amines) is 1. The number of nitrogens with zero attached hydrogens (tertiary/aromatic N) is 1. The SMILES string of the molecule is Cc1ccc(CCCN2CCCC2)cc1NC(=O)C(C)C. The number of carbonyl (C=O) groups is 1. The first-order valence-electron chi connectivity index (χ1n) is 8.19. The molecule has 1 amide bonds. The molecule has 0 bridgehead atoms.